The summed E-state index contributed by atoms with van der Waals surface area (Å²) < 4.78 is 15.3. The largest absolute Gasteiger partial charge is 0.448 e. The highest BCUT2D eigenvalue weighted by Crippen LogP contribution is 2.34. The molecule has 0 spiro atoms. The second-order valence-corrected chi connectivity index (χ2v) is 6.91. The Hall–Kier alpha value is -1.73. The van der Waals surface area contributed by atoms with Crippen molar-refractivity contribution in [2.75, 3.05) is 12.1 Å². The SMILES string of the molecule is Nc1nc(C(=O)OCP(=O)(O)O)c(Cc2ccccc2)s1. The highest BCUT2D eigenvalue weighted by atomic mass is 32.1. The van der Waals surface area contributed by atoms with Crippen LogP contribution in [0.15, 0.2) is 30.3 Å². The third kappa shape index (κ3) is 4.64. The number of aromatic nitrogens is 1. The zero-order chi connectivity index (χ0) is 15.5. The maximum absolute atomic E-state index is 11.8. The number of nitrogen functional groups attached to an aromatic ring is 1. The molecule has 0 atom stereocenters. The Kier molecular flexibility index (Phi) is 4.74. The lowest BCUT2D eigenvalue weighted by Gasteiger charge is -2.06. The number of thiazole rings is 1. The number of carbonyl (C=O) groups is 1. The average molecular weight is 328 g/mol. The average Bonchev–Trinajstić information content (AvgIpc) is 2.77. The number of anilines is 1. The van der Waals surface area contributed by atoms with Crippen molar-refractivity contribution in [3.8, 4) is 0 Å². The Morgan fingerprint density at radius 1 is 1.33 bits per heavy atom. The van der Waals surface area contributed by atoms with Gasteiger partial charge in [-0.2, -0.15) is 0 Å². The van der Waals surface area contributed by atoms with Crippen LogP contribution in [0.25, 0.3) is 0 Å². The molecule has 21 heavy (non-hydrogen) atoms. The second-order valence-electron chi connectivity index (χ2n) is 4.21. The summed E-state index contributed by atoms with van der Waals surface area (Å²) in [7, 11) is -4.41. The normalized spacial score (nSPS) is 11.3. The van der Waals surface area contributed by atoms with Crippen molar-refractivity contribution >= 4 is 30.0 Å². The minimum atomic E-state index is -4.41. The highest BCUT2D eigenvalue weighted by molar-refractivity contribution is 7.51. The minimum Gasteiger partial charge on any atom is -0.448 e. The van der Waals surface area contributed by atoms with Crippen molar-refractivity contribution in [2.45, 2.75) is 6.42 Å². The number of carbonyl (C=O) groups excluding carboxylic acids is 1. The van der Waals surface area contributed by atoms with Gasteiger partial charge in [0.1, 0.15) is 0 Å². The molecule has 7 nitrogen and oxygen atoms in total. The van der Waals surface area contributed by atoms with E-state index in [2.05, 4.69) is 9.72 Å². The molecule has 112 valence electrons. The molecule has 0 saturated heterocycles. The molecule has 0 radical (unpaired) electrons. The fraction of sp³-hybridized carbons (Fsp3) is 0.167. The van der Waals surface area contributed by atoms with Crippen molar-refractivity contribution in [3.63, 3.8) is 0 Å². The van der Waals surface area contributed by atoms with Crippen molar-refractivity contribution in [1.82, 2.24) is 4.98 Å². The van der Waals surface area contributed by atoms with Gasteiger partial charge in [-0.3, -0.25) is 4.57 Å². The van der Waals surface area contributed by atoms with E-state index in [1.165, 1.54) is 0 Å². The summed E-state index contributed by atoms with van der Waals surface area (Å²) in [5.41, 5.74) is 6.56. The smallest absolute Gasteiger partial charge is 0.362 e. The maximum Gasteiger partial charge on any atom is 0.362 e. The number of rotatable bonds is 5. The van der Waals surface area contributed by atoms with Crippen LogP contribution in [0.4, 0.5) is 5.13 Å². The molecule has 1 heterocycles. The van der Waals surface area contributed by atoms with Crippen LogP contribution in [0.1, 0.15) is 20.9 Å². The number of nitrogens with two attached hydrogens (primary N) is 1. The van der Waals surface area contributed by atoms with Crippen molar-refractivity contribution in [1.29, 1.82) is 0 Å². The van der Waals surface area contributed by atoms with Crippen LogP contribution in [0, 0.1) is 0 Å². The molecule has 0 saturated carbocycles. The Balaban J connectivity index is 2.17. The molecule has 2 rings (SSSR count). The van der Waals surface area contributed by atoms with Crippen molar-refractivity contribution in [2.24, 2.45) is 0 Å². The molecule has 9 heteroatoms. The first-order chi connectivity index (χ1) is 9.85. The monoisotopic (exact) mass is 328 g/mol. The van der Waals surface area contributed by atoms with Crippen LogP contribution < -0.4 is 5.73 Å². The molecule has 0 aliphatic heterocycles. The molecule has 0 unspecified atom stereocenters. The van der Waals surface area contributed by atoms with E-state index in [-0.39, 0.29) is 10.8 Å². The number of ether oxygens (including phenoxy) is 1. The molecule has 0 aliphatic rings. The zero-order valence-corrected chi connectivity index (χ0v) is 12.5. The summed E-state index contributed by atoms with van der Waals surface area (Å²) in [5.74, 6) is -0.891. The number of esters is 1. The summed E-state index contributed by atoms with van der Waals surface area (Å²) >= 11 is 1.14. The first kappa shape index (κ1) is 15.7. The molecule has 1 aromatic carbocycles. The molecule has 0 bridgehead atoms. The minimum absolute atomic E-state index is 0.00481. The number of hydrogen-bond acceptors (Lipinski definition) is 6. The van der Waals surface area contributed by atoms with Crippen LogP contribution in [0.3, 0.4) is 0 Å². The van der Waals surface area contributed by atoms with Gasteiger partial charge in [0.2, 0.25) is 0 Å². The standard InChI is InChI=1S/C12H13N2O5PS/c13-12-14-10(11(15)19-7-20(16,17)18)9(21-12)6-8-4-2-1-3-5-8/h1-5H,6-7H2,(H2,13,14)(H2,16,17,18). The predicted molar refractivity (Wildman–Crippen MR) is 78.1 cm³/mol. The molecular weight excluding hydrogens is 315 g/mol. The van der Waals surface area contributed by atoms with Gasteiger partial charge in [-0.1, -0.05) is 30.3 Å². The van der Waals surface area contributed by atoms with Gasteiger partial charge in [-0.15, -0.1) is 11.3 Å². The number of hydrogen-bond donors (Lipinski definition) is 3. The van der Waals surface area contributed by atoms with Gasteiger partial charge in [0.25, 0.3) is 0 Å². The first-order valence-electron chi connectivity index (χ1n) is 5.86. The molecule has 0 fully saturated rings. The van der Waals surface area contributed by atoms with E-state index in [0.29, 0.717) is 11.3 Å². The summed E-state index contributed by atoms with van der Waals surface area (Å²) in [6, 6.07) is 9.39. The Labute approximate surface area is 124 Å². The van der Waals surface area contributed by atoms with Crippen LogP contribution in [-0.2, 0) is 15.7 Å². The van der Waals surface area contributed by atoms with E-state index in [1.807, 2.05) is 30.3 Å². The topological polar surface area (TPSA) is 123 Å². The van der Waals surface area contributed by atoms with Crippen LogP contribution >= 0.6 is 18.9 Å². The molecular formula is C12H13N2O5PS. The van der Waals surface area contributed by atoms with Gasteiger partial charge in [-0.05, 0) is 5.56 Å². The number of nitrogens with zero attached hydrogens (tertiary/aromatic N) is 1. The first-order valence-corrected chi connectivity index (χ1v) is 8.47. The fourth-order valence-corrected chi connectivity index (χ4v) is 2.78. The lowest BCUT2D eigenvalue weighted by Crippen LogP contribution is -2.09. The highest BCUT2D eigenvalue weighted by Gasteiger charge is 2.22. The van der Waals surface area contributed by atoms with Crippen molar-refractivity contribution in [3.05, 3.63) is 46.5 Å². The second kappa shape index (κ2) is 6.36. The fourth-order valence-electron chi connectivity index (χ4n) is 1.64. The third-order valence-corrected chi connectivity index (χ3v) is 3.83. The van der Waals surface area contributed by atoms with Gasteiger partial charge in [0.05, 0.1) is 0 Å². The predicted octanol–water partition coefficient (Wildman–Crippen LogP) is 1.61. The molecule has 2 aromatic rings. The van der Waals surface area contributed by atoms with Gasteiger partial charge in [0, 0.05) is 11.3 Å². The van der Waals surface area contributed by atoms with Gasteiger partial charge in [-0.25, -0.2) is 9.78 Å². The summed E-state index contributed by atoms with van der Waals surface area (Å²) in [4.78, 5) is 33.7. The Bertz CT molecular complexity index is 682. The van der Waals surface area contributed by atoms with Crippen LogP contribution in [-0.4, -0.2) is 27.1 Å². The van der Waals surface area contributed by atoms with Crippen molar-refractivity contribution < 1.29 is 23.9 Å². The molecule has 0 aliphatic carbocycles. The lowest BCUT2D eigenvalue weighted by molar-refractivity contribution is 0.0543. The molecule has 4 N–H and O–H groups in total. The molecule has 0 amide bonds. The van der Waals surface area contributed by atoms with E-state index in [0.717, 1.165) is 16.9 Å². The summed E-state index contributed by atoms with van der Waals surface area (Å²) in [6.45, 7) is 0. The van der Waals surface area contributed by atoms with E-state index < -0.39 is 19.9 Å². The van der Waals surface area contributed by atoms with E-state index in [9.17, 15) is 9.36 Å². The Morgan fingerprint density at radius 3 is 2.62 bits per heavy atom. The zero-order valence-electron chi connectivity index (χ0n) is 10.8. The number of benzene rings is 1. The van der Waals surface area contributed by atoms with E-state index in [4.69, 9.17) is 15.5 Å². The quantitative estimate of drug-likeness (QED) is 0.563. The molecule has 1 aromatic heterocycles. The summed E-state index contributed by atoms with van der Waals surface area (Å²) in [6.07, 6.45) is -0.538. The van der Waals surface area contributed by atoms with E-state index in [1.54, 1.807) is 0 Å². The van der Waals surface area contributed by atoms with Gasteiger partial charge in [0.15, 0.2) is 17.2 Å². The maximum atomic E-state index is 11.8. The van der Waals surface area contributed by atoms with Gasteiger partial charge >= 0.3 is 13.6 Å². The van der Waals surface area contributed by atoms with Crippen LogP contribution in [0.5, 0.6) is 0 Å². The van der Waals surface area contributed by atoms with Gasteiger partial charge < -0.3 is 20.3 Å². The van der Waals surface area contributed by atoms with E-state index >= 15 is 0 Å². The third-order valence-electron chi connectivity index (χ3n) is 2.48. The lowest BCUT2D eigenvalue weighted by atomic mass is 10.1. The Morgan fingerprint density at radius 2 is 2.00 bits per heavy atom. The summed E-state index contributed by atoms with van der Waals surface area (Å²) in [5, 5.41) is 0.198. The van der Waals surface area contributed by atoms with Crippen LogP contribution in [0.2, 0.25) is 0 Å².